The topological polar surface area (TPSA) is 74.8 Å². The second kappa shape index (κ2) is 13.0. The van der Waals surface area contributed by atoms with E-state index in [9.17, 15) is 4.79 Å². The number of nitrogens with zero attached hydrogens (tertiary/aromatic N) is 1. The molecule has 1 aromatic carbocycles. The van der Waals surface area contributed by atoms with Gasteiger partial charge in [-0.2, -0.15) is 0 Å². The first-order chi connectivity index (χ1) is 13.7. The van der Waals surface area contributed by atoms with Crippen LogP contribution in [-0.4, -0.2) is 44.1 Å². The number of unbranched alkanes of at least 4 members (excludes halogenated alkanes) is 3. The van der Waals surface area contributed by atoms with Gasteiger partial charge in [0.15, 0.2) is 12.6 Å². The van der Waals surface area contributed by atoms with E-state index in [1.165, 1.54) is 24.8 Å². The lowest BCUT2D eigenvalue weighted by molar-refractivity contribution is -0.123. The van der Waals surface area contributed by atoms with Gasteiger partial charge in [0.2, 0.25) is 0 Å². The summed E-state index contributed by atoms with van der Waals surface area (Å²) in [4.78, 5) is 16.3. The summed E-state index contributed by atoms with van der Waals surface area (Å²) in [5.41, 5.74) is 1.22. The summed E-state index contributed by atoms with van der Waals surface area (Å²) in [6.07, 6.45) is 8.01. The van der Waals surface area contributed by atoms with E-state index in [4.69, 9.17) is 4.74 Å². The van der Waals surface area contributed by atoms with E-state index < -0.39 is 0 Å². The minimum absolute atomic E-state index is 0.0410. The highest BCUT2D eigenvalue weighted by molar-refractivity contribution is 5.79. The number of hydrogen-bond acceptors (Lipinski definition) is 3. The van der Waals surface area contributed by atoms with E-state index in [0.29, 0.717) is 6.04 Å². The predicted molar refractivity (Wildman–Crippen MR) is 115 cm³/mol. The van der Waals surface area contributed by atoms with Gasteiger partial charge in [-0.1, -0.05) is 38.3 Å². The average molecular weight is 389 g/mol. The third-order valence-corrected chi connectivity index (χ3v) is 4.57. The van der Waals surface area contributed by atoms with Crippen molar-refractivity contribution in [1.29, 1.82) is 0 Å². The Morgan fingerprint density at radius 2 is 1.89 bits per heavy atom. The third-order valence-electron chi connectivity index (χ3n) is 4.57. The fourth-order valence-electron chi connectivity index (χ4n) is 2.79. The van der Waals surface area contributed by atoms with Crippen LogP contribution in [0.1, 0.15) is 57.9 Å². The van der Waals surface area contributed by atoms with Gasteiger partial charge in [0.05, 0.1) is 0 Å². The van der Waals surface area contributed by atoms with Crippen LogP contribution in [-0.2, 0) is 11.2 Å². The summed E-state index contributed by atoms with van der Waals surface area (Å²) in [7, 11) is 0. The molecule has 1 aliphatic rings. The van der Waals surface area contributed by atoms with Crippen LogP contribution in [0.15, 0.2) is 29.3 Å². The Bertz CT molecular complexity index is 597. The molecule has 2 rings (SSSR count). The third kappa shape index (κ3) is 9.62. The molecule has 1 fully saturated rings. The van der Waals surface area contributed by atoms with Crippen molar-refractivity contribution < 1.29 is 9.53 Å². The van der Waals surface area contributed by atoms with Crippen molar-refractivity contribution in [2.45, 2.75) is 64.8 Å². The van der Waals surface area contributed by atoms with Crippen molar-refractivity contribution in [2.75, 3.05) is 26.2 Å². The molecule has 1 aliphatic carbocycles. The van der Waals surface area contributed by atoms with Gasteiger partial charge in [-0.05, 0) is 50.3 Å². The van der Waals surface area contributed by atoms with Crippen LogP contribution in [0.5, 0.6) is 5.75 Å². The maximum atomic E-state index is 11.7. The number of guanidine groups is 1. The van der Waals surface area contributed by atoms with E-state index in [1.54, 1.807) is 0 Å². The number of amides is 1. The molecule has 28 heavy (non-hydrogen) atoms. The molecule has 1 aromatic rings. The Labute approximate surface area is 169 Å². The van der Waals surface area contributed by atoms with E-state index in [-0.39, 0.29) is 12.5 Å². The first-order valence-corrected chi connectivity index (χ1v) is 10.7. The maximum Gasteiger partial charge on any atom is 0.258 e. The molecule has 0 unspecified atom stereocenters. The second-order valence-electron chi connectivity index (χ2n) is 7.27. The molecule has 1 amide bonds. The largest absolute Gasteiger partial charge is 0.484 e. The quantitative estimate of drug-likeness (QED) is 0.276. The molecule has 6 nitrogen and oxygen atoms in total. The fourth-order valence-corrected chi connectivity index (χ4v) is 2.79. The van der Waals surface area contributed by atoms with Gasteiger partial charge in [-0.15, -0.1) is 0 Å². The van der Waals surface area contributed by atoms with Crippen LogP contribution in [0.25, 0.3) is 0 Å². The molecule has 0 aliphatic heterocycles. The lowest BCUT2D eigenvalue weighted by atomic mass is 10.1. The molecule has 0 aromatic heterocycles. The molecule has 0 spiro atoms. The zero-order valence-corrected chi connectivity index (χ0v) is 17.4. The summed E-state index contributed by atoms with van der Waals surface area (Å²) >= 11 is 0. The SMILES string of the molecule is CCCCCCN=C(NCC)NCCc1ccc(OCC(=O)NC2CC2)cc1. The number of hydrogen-bond donors (Lipinski definition) is 3. The molecule has 0 radical (unpaired) electrons. The molecule has 0 atom stereocenters. The predicted octanol–water partition coefficient (Wildman–Crippen LogP) is 3.02. The molecule has 0 heterocycles. The first kappa shape index (κ1) is 22.1. The van der Waals surface area contributed by atoms with Gasteiger partial charge in [-0.3, -0.25) is 9.79 Å². The number of carbonyl (C=O) groups is 1. The number of rotatable bonds is 13. The van der Waals surface area contributed by atoms with E-state index in [2.05, 4.69) is 34.8 Å². The lowest BCUT2D eigenvalue weighted by Gasteiger charge is -2.12. The van der Waals surface area contributed by atoms with Gasteiger partial charge < -0.3 is 20.7 Å². The minimum Gasteiger partial charge on any atom is -0.484 e. The van der Waals surface area contributed by atoms with E-state index in [0.717, 1.165) is 57.0 Å². The van der Waals surface area contributed by atoms with Gasteiger partial charge in [0.25, 0.3) is 5.91 Å². The highest BCUT2D eigenvalue weighted by Gasteiger charge is 2.23. The van der Waals surface area contributed by atoms with Crippen molar-refractivity contribution in [3.05, 3.63) is 29.8 Å². The van der Waals surface area contributed by atoms with Gasteiger partial charge in [-0.25, -0.2) is 0 Å². The van der Waals surface area contributed by atoms with Gasteiger partial charge >= 0.3 is 0 Å². The van der Waals surface area contributed by atoms with Crippen molar-refractivity contribution in [1.82, 2.24) is 16.0 Å². The highest BCUT2D eigenvalue weighted by atomic mass is 16.5. The number of benzene rings is 1. The maximum absolute atomic E-state index is 11.7. The zero-order valence-electron chi connectivity index (χ0n) is 17.4. The van der Waals surface area contributed by atoms with Gasteiger partial charge in [0, 0.05) is 25.7 Å². The Hall–Kier alpha value is -2.24. The first-order valence-electron chi connectivity index (χ1n) is 10.7. The minimum atomic E-state index is -0.0410. The monoisotopic (exact) mass is 388 g/mol. The molecule has 3 N–H and O–H groups in total. The van der Waals surface area contributed by atoms with Crippen LogP contribution >= 0.6 is 0 Å². The Kier molecular flexibility index (Phi) is 10.3. The second-order valence-corrected chi connectivity index (χ2v) is 7.27. The Morgan fingerprint density at radius 3 is 2.57 bits per heavy atom. The fraction of sp³-hybridized carbons (Fsp3) is 0.636. The Balaban J connectivity index is 1.65. The van der Waals surface area contributed by atoms with Crippen molar-refractivity contribution >= 4 is 11.9 Å². The van der Waals surface area contributed by atoms with Crippen LogP contribution in [0.2, 0.25) is 0 Å². The van der Waals surface area contributed by atoms with Crippen LogP contribution in [0.3, 0.4) is 0 Å². The van der Waals surface area contributed by atoms with Gasteiger partial charge in [0.1, 0.15) is 5.75 Å². The molecule has 0 bridgehead atoms. The highest BCUT2D eigenvalue weighted by Crippen LogP contribution is 2.18. The Morgan fingerprint density at radius 1 is 1.11 bits per heavy atom. The molecular formula is C22H36N4O2. The van der Waals surface area contributed by atoms with Crippen LogP contribution < -0.4 is 20.7 Å². The normalized spacial score (nSPS) is 13.9. The van der Waals surface area contributed by atoms with Crippen molar-refractivity contribution in [2.24, 2.45) is 4.99 Å². The number of carbonyl (C=O) groups excluding carboxylic acids is 1. The summed E-state index contributed by atoms with van der Waals surface area (Å²) in [6.45, 7) is 6.94. The lowest BCUT2D eigenvalue weighted by Crippen LogP contribution is -2.38. The summed E-state index contributed by atoms with van der Waals surface area (Å²) in [6, 6.07) is 8.31. The van der Waals surface area contributed by atoms with Crippen molar-refractivity contribution in [3.63, 3.8) is 0 Å². The smallest absolute Gasteiger partial charge is 0.258 e. The number of ether oxygens (including phenoxy) is 1. The summed E-state index contributed by atoms with van der Waals surface area (Å²) in [5.74, 6) is 1.57. The standard InChI is InChI=1S/C22H36N4O2/c1-3-5-6-7-15-24-22(23-4-2)25-16-14-18-8-12-20(13-9-18)28-17-21(27)26-19-10-11-19/h8-9,12-13,19H,3-7,10-11,14-17H2,1-2H3,(H,26,27)(H2,23,24,25). The summed E-state index contributed by atoms with van der Waals surface area (Å²) in [5, 5.41) is 9.61. The molecule has 6 heteroatoms. The molecule has 156 valence electrons. The molecule has 1 saturated carbocycles. The number of nitrogens with one attached hydrogen (secondary N) is 3. The average Bonchev–Trinajstić information content (AvgIpc) is 3.51. The van der Waals surface area contributed by atoms with Crippen LogP contribution in [0, 0.1) is 0 Å². The van der Waals surface area contributed by atoms with Crippen LogP contribution in [0.4, 0.5) is 0 Å². The molecular weight excluding hydrogens is 352 g/mol. The molecule has 0 saturated heterocycles. The summed E-state index contributed by atoms with van der Waals surface area (Å²) < 4.78 is 5.54. The van der Waals surface area contributed by atoms with E-state index >= 15 is 0 Å². The number of aliphatic imine (C=N–C) groups is 1. The van der Waals surface area contributed by atoms with E-state index in [1.807, 2.05) is 24.3 Å². The van der Waals surface area contributed by atoms with Crippen molar-refractivity contribution in [3.8, 4) is 5.75 Å². The zero-order chi connectivity index (χ0) is 20.0.